The predicted molar refractivity (Wildman–Crippen MR) is 67.3 cm³/mol. The van der Waals surface area contributed by atoms with E-state index in [4.69, 9.17) is 0 Å². The van der Waals surface area contributed by atoms with Gasteiger partial charge in [0.1, 0.15) is 0 Å². The summed E-state index contributed by atoms with van der Waals surface area (Å²) >= 11 is 1.76. The van der Waals surface area contributed by atoms with Gasteiger partial charge in [0.05, 0.1) is 5.51 Å². The zero-order chi connectivity index (χ0) is 11.3. The fourth-order valence-corrected chi connectivity index (χ4v) is 2.39. The number of nitrogens with one attached hydrogen (secondary N) is 1. The molecule has 1 aromatic rings. The second kappa shape index (κ2) is 6.23. The molecule has 0 aliphatic heterocycles. The Morgan fingerprint density at radius 2 is 2.13 bits per heavy atom. The molecule has 0 radical (unpaired) electrons. The summed E-state index contributed by atoms with van der Waals surface area (Å²) in [6.07, 6.45) is 3.10. The number of likely N-dealkylation sites (N-methyl/N-ethyl adjacent to an activating group) is 1. The van der Waals surface area contributed by atoms with Crippen molar-refractivity contribution < 1.29 is 0 Å². The minimum atomic E-state index is 0.579. The van der Waals surface area contributed by atoms with Crippen molar-refractivity contribution in [2.24, 2.45) is 11.8 Å². The summed E-state index contributed by atoms with van der Waals surface area (Å²) in [5.74, 6) is 1.43. The summed E-state index contributed by atoms with van der Waals surface area (Å²) < 4.78 is 0. The van der Waals surface area contributed by atoms with E-state index in [2.05, 4.69) is 38.0 Å². The van der Waals surface area contributed by atoms with Crippen molar-refractivity contribution in [3.63, 3.8) is 0 Å². The van der Waals surface area contributed by atoms with Crippen LogP contribution in [0.5, 0.6) is 0 Å². The Morgan fingerprint density at radius 3 is 2.60 bits per heavy atom. The van der Waals surface area contributed by atoms with Gasteiger partial charge >= 0.3 is 0 Å². The van der Waals surface area contributed by atoms with Crippen molar-refractivity contribution in [3.05, 3.63) is 16.6 Å². The highest BCUT2D eigenvalue weighted by molar-refractivity contribution is 7.09. The molecule has 0 aliphatic carbocycles. The van der Waals surface area contributed by atoms with E-state index < -0.39 is 0 Å². The molecule has 0 aliphatic rings. The molecular formula is C12H22N2S. The highest BCUT2D eigenvalue weighted by Gasteiger charge is 2.19. The fraction of sp³-hybridized carbons (Fsp3) is 0.750. The van der Waals surface area contributed by atoms with Gasteiger partial charge in [0.15, 0.2) is 0 Å². The molecule has 0 fully saturated rings. The van der Waals surface area contributed by atoms with Crippen LogP contribution in [0.1, 0.15) is 32.6 Å². The number of rotatable bonds is 6. The van der Waals surface area contributed by atoms with Crippen LogP contribution in [-0.2, 0) is 6.42 Å². The van der Waals surface area contributed by atoms with E-state index in [1.54, 1.807) is 11.3 Å². The molecule has 15 heavy (non-hydrogen) atoms. The molecule has 1 aromatic heterocycles. The maximum absolute atomic E-state index is 4.13. The first-order chi connectivity index (χ1) is 7.15. The number of thiazole rings is 1. The molecule has 86 valence electrons. The second-order valence-electron chi connectivity index (χ2n) is 4.44. The molecular weight excluding hydrogens is 204 g/mol. The molecule has 0 bridgehead atoms. The van der Waals surface area contributed by atoms with Gasteiger partial charge in [-0.1, -0.05) is 27.7 Å². The zero-order valence-corrected chi connectivity index (χ0v) is 11.0. The minimum absolute atomic E-state index is 0.579. The van der Waals surface area contributed by atoms with Gasteiger partial charge in [-0.15, -0.1) is 11.3 Å². The lowest BCUT2D eigenvalue weighted by molar-refractivity contribution is 0.301. The largest absolute Gasteiger partial charge is 0.314 e. The zero-order valence-electron chi connectivity index (χ0n) is 10.2. The molecule has 1 N–H and O–H groups in total. The van der Waals surface area contributed by atoms with Gasteiger partial charge in [-0.05, 0) is 24.8 Å². The molecule has 0 spiro atoms. The lowest BCUT2D eigenvalue weighted by Crippen LogP contribution is -2.38. The van der Waals surface area contributed by atoms with Crippen LogP contribution in [0, 0.1) is 11.8 Å². The summed E-state index contributed by atoms with van der Waals surface area (Å²) in [5, 5.41) is 3.58. The Hall–Kier alpha value is -0.410. The van der Waals surface area contributed by atoms with Crippen molar-refractivity contribution in [2.45, 2.75) is 40.2 Å². The number of nitrogens with zero attached hydrogens (tertiary/aromatic N) is 1. The molecule has 0 amide bonds. The average molecular weight is 226 g/mol. The average Bonchev–Trinajstić information content (AvgIpc) is 2.68. The van der Waals surface area contributed by atoms with Crippen molar-refractivity contribution in [1.29, 1.82) is 0 Å². The van der Waals surface area contributed by atoms with Crippen molar-refractivity contribution in [2.75, 3.05) is 6.54 Å². The number of aromatic nitrogens is 1. The van der Waals surface area contributed by atoms with Crippen molar-refractivity contribution in [3.8, 4) is 0 Å². The molecule has 3 heteroatoms. The topological polar surface area (TPSA) is 24.9 Å². The SMILES string of the molecule is CCNC(Cc1cncs1)C(C)C(C)C. The van der Waals surface area contributed by atoms with Gasteiger partial charge in [-0.3, -0.25) is 4.98 Å². The third-order valence-electron chi connectivity index (χ3n) is 3.06. The number of hydrogen-bond donors (Lipinski definition) is 1. The molecule has 2 unspecified atom stereocenters. The molecule has 0 saturated heterocycles. The molecule has 1 rings (SSSR count). The summed E-state index contributed by atoms with van der Waals surface area (Å²) in [6.45, 7) is 10.1. The van der Waals surface area contributed by atoms with Crippen LogP contribution in [-0.4, -0.2) is 17.6 Å². The van der Waals surface area contributed by atoms with Gasteiger partial charge in [0.2, 0.25) is 0 Å². The molecule has 2 nitrogen and oxygen atoms in total. The third-order valence-corrected chi connectivity index (χ3v) is 3.86. The first kappa shape index (κ1) is 12.7. The Balaban J connectivity index is 2.57. The fourth-order valence-electron chi connectivity index (χ4n) is 1.73. The van der Waals surface area contributed by atoms with E-state index in [9.17, 15) is 0 Å². The maximum atomic E-state index is 4.13. The van der Waals surface area contributed by atoms with E-state index >= 15 is 0 Å². The Kier molecular flexibility index (Phi) is 5.26. The highest BCUT2D eigenvalue weighted by Crippen LogP contribution is 2.19. The lowest BCUT2D eigenvalue weighted by Gasteiger charge is -2.27. The number of hydrogen-bond acceptors (Lipinski definition) is 3. The van der Waals surface area contributed by atoms with Gasteiger partial charge < -0.3 is 5.32 Å². The first-order valence-electron chi connectivity index (χ1n) is 5.75. The van der Waals surface area contributed by atoms with Crippen LogP contribution in [0.25, 0.3) is 0 Å². The predicted octanol–water partition coefficient (Wildman–Crippen LogP) is 2.96. The summed E-state index contributed by atoms with van der Waals surface area (Å²) in [4.78, 5) is 5.51. The Bertz CT molecular complexity index is 257. The van der Waals surface area contributed by atoms with Crippen molar-refractivity contribution >= 4 is 11.3 Å². The molecule has 2 atom stereocenters. The normalized spacial score (nSPS) is 15.5. The third kappa shape index (κ3) is 3.92. The second-order valence-corrected chi connectivity index (χ2v) is 5.41. The van der Waals surface area contributed by atoms with E-state index in [0.29, 0.717) is 12.0 Å². The van der Waals surface area contributed by atoms with E-state index in [1.165, 1.54) is 4.88 Å². The van der Waals surface area contributed by atoms with E-state index in [-0.39, 0.29) is 0 Å². The minimum Gasteiger partial charge on any atom is -0.314 e. The highest BCUT2D eigenvalue weighted by atomic mass is 32.1. The van der Waals surface area contributed by atoms with Crippen LogP contribution in [0.3, 0.4) is 0 Å². The van der Waals surface area contributed by atoms with Crippen LogP contribution in [0.4, 0.5) is 0 Å². The van der Waals surface area contributed by atoms with Crippen LogP contribution >= 0.6 is 11.3 Å². The first-order valence-corrected chi connectivity index (χ1v) is 6.63. The maximum Gasteiger partial charge on any atom is 0.0794 e. The standard InChI is InChI=1S/C12H22N2S/c1-5-14-12(10(4)9(2)3)6-11-7-13-8-15-11/h7-10,12,14H,5-6H2,1-4H3. The molecule has 0 saturated carbocycles. The van der Waals surface area contributed by atoms with E-state index in [1.807, 2.05) is 11.7 Å². The van der Waals surface area contributed by atoms with Gasteiger partial charge in [0.25, 0.3) is 0 Å². The molecule has 0 aromatic carbocycles. The van der Waals surface area contributed by atoms with Crippen LogP contribution in [0.15, 0.2) is 11.7 Å². The quantitative estimate of drug-likeness (QED) is 0.806. The summed E-state index contributed by atoms with van der Waals surface area (Å²) in [7, 11) is 0. The van der Waals surface area contributed by atoms with Gasteiger partial charge in [0, 0.05) is 17.1 Å². The lowest BCUT2D eigenvalue weighted by atomic mass is 9.88. The summed E-state index contributed by atoms with van der Waals surface area (Å²) in [5.41, 5.74) is 1.92. The van der Waals surface area contributed by atoms with Gasteiger partial charge in [-0.2, -0.15) is 0 Å². The van der Waals surface area contributed by atoms with Crippen molar-refractivity contribution in [1.82, 2.24) is 10.3 Å². The van der Waals surface area contributed by atoms with Crippen LogP contribution < -0.4 is 5.32 Å². The monoisotopic (exact) mass is 226 g/mol. The smallest absolute Gasteiger partial charge is 0.0794 e. The summed E-state index contributed by atoms with van der Waals surface area (Å²) in [6, 6.07) is 0.579. The van der Waals surface area contributed by atoms with Gasteiger partial charge in [-0.25, -0.2) is 0 Å². The van der Waals surface area contributed by atoms with Crippen LogP contribution in [0.2, 0.25) is 0 Å². The molecule has 1 heterocycles. The Labute approximate surface area is 97.1 Å². The van der Waals surface area contributed by atoms with E-state index in [0.717, 1.165) is 18.9 Å². The Morgan fingerprint density at radius 1 is 1.40 bits per heavy atom.